The monoisotopic (exact) mass is 303 g/mol. The smallest absolute Gasteiger partial charge is 0.273 e. The summed E-state index contributed by atoms with van der Waals surface area (Å²) >= 11 is 1.53. The molecule has 0 bridgehead atoms. The van der Waals surface area contributed by atoms with E-state index in [0.29, 0.717) is 5.69 Å². The van der Waals surface area contributed by atoms with Gasteiger partial charge >= 0.3 is 0 Å². The van der Waals surface area contributed by atoms with Crippen LogP contribution < -0.4 is 0 Å². The molecule has 4 nitrogen and oxygen atoms in total. The van der Waals surface area contributed by atoms with E-state index in [-0.39, 0.29) is 5.91 Å². The summed E-state index contributed by atoms with van der Waals surface area (Å²) in [6, 6.07) is 5.73. The molecule has 0 radical (unpaired) electrons. The van der Waals surface area contributed by atoms with E-state index in [1.807, 2.05) is 30.0 Å². The molecule has 2 heterocycles. The average Bonchev–Trinajstić information content (AvgIpc) is 2.89. The molecule has 0 aliphatic rings. The van der Waals surface area contributed by atoms with Gasteiger partial charge < -0.3 is 4.90 Å². The molecule has 0 saturated carbocycles. The molecule has 2 aromatic rings. The van der Waals surface area contributed by atoms with Crippen LogP contribution in [0.5, 0.6) is 0 Å². The molecule has 0 saturated heterocycles. The van der Waals surface area contributed by atoms with Crippen molar-refractivity contribution in [2.75, 3.05) is 13.1 Å². The Balaban J connectivity index is 2.28. The van der Waals surface area contributed by atoms with Gasteiger partial charge in [-0.05, 0) is 31.9 Å². The van der Waals surface area contributed by atoms with E-state index in [2.05, 4.69) is 23.8 Å². The molecular weight excluding hydrogens is 282 g/mol. The van der Waals surface area contributed by atoms with Gasteiger partial charge in [-0.25, -0.2) is 4.98 Å². The van der Waals surface area contributed by atoms with Gasteiger partial charge in [-0.1, -0.05) is 19.9 Å². The van der Waals surface area contributed by atoms with Crippen molar-refractivity contribution in [2.45, 2.75) is 33.6 Å². The van der Waals surface area contributed by atoms with Crippen LogP contribution in [-0.4, -0.2) is 33.9 Å². The highest BCUT2D eigenvalue weighted by Crippen LogP contribution is 2.26. The first-order valence-corrected chi connectivity index (χ1v) is 8.17. The molecule has 112 valence electrons. The summed E-state index contributed by atoms with van der Waals surface area (Å²) in [4.78, 5) is 24.3. The Kier molecular flexibility index (Phi) is 5.44. The Morgan fingerprint density at radius 2 is 1.95 bits per heavy atom. The number of carbonyl (C=O) groups excluding carboxylic acids is 1. The normalized spacial score (nSPS) is 10.6. The second-order valence-corrected chi connectivity index (χ2v) is 6.13. The van der Waals surface area contributed by atoms with E-state index >= 15 is 0 Å². The number of aromatic nitrogens is 2. The fraction of sp³-hybridized carbons (Fsp3) is 0.438. The van der Waals surface area contributed by atoms with E-state index in [1.165, 1.54) is 11.3 Å². The summed E-state index contributed by atoms with van der Waals surface area (Å²) in [6.07, 6.45) is 3.66. The fourth-order valence-electron chi connectivity index (χ4n) is 2.20. The van der Waals surface area contributed by atoms with Gasteiger partial charge in [0.05, 0.1) is 5.69 Å². The Morgan fingerprint density at radius 3 is 2.52 bits per heavy atom. The van der Waals surface area contributed by atoms with Crippen LogP contribution in [0, 0.1) is 6.92 Å². The number of nitrogens with zero attached hydrogens (tertiary/aromatic N) is 3. The molecule has 2 rings (SSSR count). The average molecular weight is 303 g/mol. The lowest BCUT2D eigenvalue weighted by atomic mass is 10.3. The lowest BCUT2D eigenvalue weighted by Crippen LogP contribution is -2.33. The van der Waals surface area contributed by atoms with Gasteiger partial charge in [0.15, 0.2) is 0 Å². The Hall–Kier alpha value is -1.75. The molecule has 0 atom stereocenters. The third-order valence-electron chi connectivity index (χ3n) is 3.16. The van der Waals surface area contributed by atoms with Crippen LogP contribution in [0.1, 0.15) is 42.1 Å². The fourth-order valence-corrected chi connectivity index (χ4v) is 3.08. The maximum absolute atomic E-state index is 12.6. The Labute approximate surface area is 129 Å². The number of hydrogen-bond acceptors (Lipinski definition) is 4. The van der Waals surface area contributed by atoms with Gasteiger partial charge in [-0.15, -0.1) is 11.3 Å². The first-order chi connectivity index (χ1) is 10.2. The van der Waals surface area contributed by atoms with Crippen LogP contribution in [0.15, 0.2) is 24.4 Å². The van der Waals surface area contributed by atoms with Crippen molar-refractivity contribution in [3.05, 3.63) is 35.0 Å². The molecule has 0 spiro atoms. The van der Waals surface area contributed by atoms with Crippen molar-refractivity contribution in [2.24, 2.45) is 0 Å². The highest BCUT2D eigenvalue weighted by Gasteiger charge is 2.21. The zero-order valence-electron chi connectivity index (χ0n) is 12.8. The molecular formula is C16H21N3OS. The number of amides is 1. The number of carbonyl (C=O) groups is 1. The van der Waals surface area contributed by atoms with Gasteiger partial charge in [0, 0.05) is 24.2 Å². The van der Waals surface area contributed by atoms with Gasteiger partial charge in [0.1, 0.15) is 10.7 Å². The van der Waals surface area contributed by atoms with E-state index in [4.69, 9.17) is 0 Å². The summed E-state index contributed by atoms with van der Waals surface area (Å²) in [5, 5.41) is 0.810. The van der Waals surface area contributed by atoms with Gasteiger partial charge in [-0.2, -0.15) is 0 Å². The number of rotatable bonds is 6. The minimum Gasteiger partial charge on any atom is -0.337 e. The first kappa shape index (κ1) is 15.6. The van der Waals surface area contributed by atoms with E-state index in [1.54, 1.807) is 6.20 Å². The number of hydrogen-bond donors (Lipinski definition) is 0. The lowest BCUT2D eigenvalue weighted by molar-refractivity contribution is 0.0750. The topological polar surface area (TPSA) is 46.1 Å². The summed E-state index contributed by atoms with van der Waals surface area (Å²) < 4.78 is 0. The number of aryl methyl sites for hydroxylation is 1. The standard InChI is InChI=1S/C16H21N3OS/c1-4-10-19(11-5-2)16(20)14-12(3)21-15(18-14)13-8-6-7-9-17-13/h6-9H,4-5,10-11H2,1-3H3. The van der Waals surface area contributed by atoms with Crippen LogP contribution in [-0.2, 0) is 0 Å². The summed E-state index contributed by atoms with van der Waals surface area (Å²) in [5.41, 5.74) is 1.39. The molecule has 0 N–H and O–H groups in total. The molecule has 0 unspecified atom stereocenters. The molecule has 2 aromatic heterocycles. The minimum absolute atomic E-state index is 0.0367. The van der Waals surface area contributed by atoms with Crippen molar-refractivity contribution in [3.63, 3.8) is 0 Å². The SMILES string of the molecule is CCCN(CCC)C(=O)c1nc(-c2ccccn2)sc1C. The largest absolute Gasteiger partial charge is 0.337 e. The van der Waals surface area contributed by atoms with Crippen LogP contribution in [0.2, 0.25) is 0 Å². The van der Waals surface area contributed by atoms with E-state index in [9.17, 15) is 4.79 Å². The highest BCUT2D eigenvalue weighted by atomic mass is 32.1. The van der Waals surface area contributed by atoms with Crippen LogP contribution >= 0.6 is 11.3 Å². The van der Waals surface area contributed by atoms with Crippen molar-refractivity contribution >= 4 is 17.2 Å². The predicted molar refractivity (Wildman–Crippen MR) is 86.6 cm³/mol. The zero-order chi connectivity index (χ0) is 15.2. The van der Waals surface area contributed by atoms with Crippen molar-refractivity contribution < 1.29 is 4.79 Å². The van der Waals surface area contributed by atoms with Crippen molar-refractivity contribution in [3.8, 4) is 10.7 Å². The minimum atomic E-state index is 0.0367. The van der Waals surface area contributed by atoms with Crippen LogP contribution in [0.25, 0.3) is 10.7 Å². The highest BCUT2D eigenvalue weighted by molar-refractivity contribution is 7.15. The van der Waals surface area contributed by atoms with Gasteiger partial charge in [0.2, 0.25) is 0 Å². The van der Waals surface area contributed by atoms with E-state index < -0.39 is 0 Å². The molecule has 0 aliphatic heterocycles. The van der Waals surface area contributed by atoms with Crippen molar-refractivity contribution in [1.82, 2.24) is 14.9 Å². The van der Waals surface area contributed by atoms with Gasteiger partial charge in [0.25, 0.3) is 5.91 Å². The molecule has 0 aliphatic carbocycles. The maximum Gasteiger partial charge on any atom is 0.273 e. The second kappa shape index (κ2) is 7.31. The molecule has 21 heavy (non-hydrogen) atoms. The van der Waals surface area contributed by atoms with Crippen molar-refractivity contribution in [1.29, 1.82) is 0 Å². The molecule has 1 amide bonds. The third kappa shape index (κ3) is 3.67. The number of pyridine rings is 1. The molecule has 0 aromatic carbocycles. The summed E-state index contributed by atoms with van der Waals surface area (Å²) in [7, 11) is 0. The number of thiazole rings is 1. The predicted octanol–water partition coefficient (Wildman–Crippen LogP) is 3.78. The zero-order valence-corrected chi connectivity index (χ0v) is 13.6. The van der Waals surface area contributed by atoms with Crippen LogP contribution in [0.4, 0.5) is 0 Å². The Bertz CT molecular complexity index is 589. The van der Waals surface area contributed by atoms with Crippen LogP contribution in [0.3, 0.4) is 0 Å². The van der Waals surface area contributed by atoms with E-state index in [0.717, 1.165) is 41.5 Å². The maximum atomic E-state index is 12.6. The first-order valence-electron chi connectivity index (χ1n) is 7.35. The summed E-state index contributed by atoms with van der Waals surface area (Å²) in [5.74, 6) is 0.0367. The molecule has 0 fully saturated rings. The quantitative estimate of drug-likeness (QED) is 0.816. The Morgan fingerprint density at radius 1 is 1.24 bits per heavy atom. The third-order valence-corrected chi connectivity index (χ3v) is 4.15. The second-order valence-electron chi connectivity index (χ2n) is 4.93. The van der Waals surface area contributed by atoms with Gasteiger partial charge in [-0.3, -0.25) is 9.78 Å². The molecule has 5 heteroatoms. The lowest BCUT2D eigenvalue weighted by Gasteiger charge is -2.20. The summed E-state index contributed by atoms with van der Waals surface area (Å²) in [6.45, 7) is 7.69.